The number of carbonyl (C=O) groups is 1. The summed E-state index contributed by atoms with van der Waals surface area (Å²) >= 11 is 0. The summed E-state index contributed by atoms with van der Waals surface area (Å²) in [6, 6.07) is 4.20. The Balaban J connectivity index is 1.47. The van der Waals surface area contributed by atoms with Crippen molar-refractivity contribution >= 4 is 15.9 Å². The quantitative estimate of drug-likeness (QED) is 0.479. The number of sulfonamides is 1. The fourth-order valence-electron chi connectivity index (χ4n) is 5.24. The summed E-state index contributed by atoms with van der Waals surface area (Å²) in [7, 11) is 1.28. The molecule has 1 heterocycles. The number of nitrogens with zero attached hydrogens (tertiary/aromatic N) is 3. The first-order valence-corrected chi connectivity index (χ1v) is 14.0. The smallest absolute Gasteiger partial charge is 0.248 e. The van der Waals surface area contributed by atoms with Gasteiger partial charge in [0.1, 0.15) is 12.4 Å². The third-order valence-electron chi connectivity index (χ3n) is 7.34. The molecule has 3 rings (SSSR count). The maximum atomic E-state index is 13.1. The Hall–Kier alpha value is -1.72. The van der Waals surface area contributed by atoms with Crippen LogP contribution in [0.5, 0.6) is 5.75 Å². The SMILES string of the molecule is COc1cc(C)c(S(=O)(=O)N(C)CCOCC(=O)N(C)[C@@H]2CCC[C@@H](N3CCNCC3)C2)c(C)c1. The van der Waals surface area contributed by atoms with Crippen LogP contribution in [0.2, 0.25) is 0 Å². The van der Waals surface area contributed by atoms with Crippen LogP contribution in [0.25, 0.3) is 0 Å². The minimum absolute atomic E-state index is 0.0419. The molecule has 1 amide bonds. The van der Waals surface area contributed by atoms with Crippen molar-refractivity contribution in [3.63, 3.8) is 0 Å². The van der Waals surface area contributed by atoms with Gasteiger partial charge in [-0.25, -0.2) is 8.42 Å². The maximum Gasteiger partial charge on any atom is 0.248 e. The van der Waals surface area contributed by atoms with Gasteiger partial charge in [0.15, 0.2) is 0 Å². The monoisotopic (exact) mass is 510 g/mol. The van der Waals surface area contributed by atoms with Gasteiger partial charge in [-0.05, 0) is 62.8 Å². The molecule has 10 heteroatoms. The summed E-state index contributed by atoms with van der Waals surface area (Å²) in [5.74, 6) is 0.577. The normalized spacial score (nSPS) is 21.8. The van der Waals surface area contributed by atoms with Crippen molar-refractivity contribution in [2.24, 2.45) is 0 Å². The lowest BCUT2D eigenvalue weighted by Crippen LogP contribution is -2.52. The highest BCUT2D eigenvalue weighted by molar-refractivity contribution is 7.89. The topological polar surface area (TPSA) is 91.4 Å². The summed E-state index contributed by atoms with van der Waals surface area (Å²) in [6.07, 6.45) is 4.35. The van der Waals surface area contributed by atoms with E-state index in [9.17, 15) is 13.2 Å². The second-order valence-electron chi connectivity index (χ2n) is 9.73. The average Bonchev–Trinajstić information content (AvgIpc) is 2.85. The fourth-order valence-corrected chi connectivity index (χ4v) is 6.80. The van der Waals surface area contributed by atoms with Gasteiger partial charge >= 0.3 is 0 Å². The molecule has 2 fully saturated rings. The third kappa shape index (κ3) is 6.95. The van der Waals surface area contributed by atoms with Crippen molar-refractivity contribution in [3.8, 4) is 5.75 Å². The largest absolute Gasteiger partial charge is 0.497 e. The second-order valence-corrected chi connectivity index (χ2v) is 11.7. The molecular weight excluding hydrogens is 468 g/mol. The zero-order valence-electron chi connectivity index (χ0n) is 21.9. The predicted octanol–water partition coefficient (Wildman–Crippen LogP) is 1.62. The van der Waals surface area contributed by atoms with Crippen LogP contribution in [0, 0.1) is 13.8 Å². The van der Waals surface area contributed by atoms with E-state index in [2.05, 4.69) is 10.2 Å². The summed E-state index contributed by atoms with van der Waals surface area (Å²) in [5, 5.41) is 3.40. The summed E-state index contributed by atoms with van der Waals surface area (Å²) < 4.78 is 38.4. The number of piperazine rings is 1. The number of hydrogen-bond acceptors (Lipinski definition) is 7. The average molecular weight is 511 g/mol. The first kappa shape index (κ1) is 27.9. The molecule has 1 aromatic rings. The zero-order valence-corrected chi connectivity index (χ0v) is 22.7. The molecule has 9 nitrogen and oxygen atoms in total. The Morgan fingerprint density at radius 3 is 2.43 bits per heavy atom. The van der Waals surface area contributed by atoms with Crippen molar-refractivity contribution in [1.29, 1.82) is 0 Å². The van der Waals surface area contributed by atoms with E-state index in [1.807, 2.05) is 11.9 Å². The number of amides is 1. The Bertz CT molecular complexity index is 942. The number of benzene rings is 1. The molecule has 1 saturated carbocycles. The van der Waals surface area contributed by atoms with E-state index in [0.717, 1.165) is 45.4 Å². The molecule has 0 radical (unpaired) electrons. The zero-order chi connectivity index (χ0) is 25.6. The number of nitrogens with one attached hydrogen (secondary N) is 1. The third-order valence-corrected chi connectivity index (χ3v) is 9.50. The van der Waals surface area contributed by atoms with E-state index in [-0.39, 0.29) is 36.6 Å². The maximum absolute atomic E-state index is 13.1. The van der Waals surface area contributed by atoms with Gasteiger partial charge in [-0.15, -0.1) is 0 Å². The number of aryl methyl sites for hydroxylation is 2. The first-order chi connectivity index (χ1) is 16.6. The van der Waals surface area contributed by atoms with Gasteiger partial charge in [-0.1, -0.05) is 0 Å². The van der Waals surface area contributed by atoms with Gasteiger partial charge in [0.2, 0.25) is 15.9 Å². The van der Waals surface area contributed by atoms with Gasteiger partial charge < -0.3 is 19.7 Å². The Labute approximate surface area is 210 Å². The predicted molar refractivity (Wildman–Crippen MR) is 136 cm³/mol. The molecule has 1 N–H and O–H groups in total. The molecule has 1 saturated heterocycles. The molecule has 1 aliphatic heterocycles. The molecule has 1 aliphatic carbocycles. The van der Waals surface area contributed by atoms with Gasteiger partial charge in [0, 0.05) is 58.9 Å². The summed E-state index contributed by atoms with van der Waals surface area (Å²) in [5.41, 5.74) is 1.27. The van der Waals surface area contributed by atoms with Crippen LogP contribution in [0.15, 0.2) is 17.0 Å². The Kier molecular flexibility index (Phi) is 9.94. The lowest BCUT2D eigenvalue weighted by molar-refractivity contribution is -0.138. The molecule has 35 heavy (non-hydrogen) atoms. The minimum Gasteiger partial charge on any atom is -0.497 e. The molecule has 0 unspecified atom stereocenters. The molecule has 0 aromatic heterocycles. The van der Waals surface area contributed by atoms with Crippen LogP contribution in [0.1, 0.15) is 36.8 Å². The van der Waals surface area contributed by atoms with Crippen molar-refractivity contribution < 1.29 is 22.7 Å². The number of likely N-dealkylation sites (N-methyl/N-ethyl adjacent to an activating group) is 2. The number of carbonyl (C=O) groups excluding carboxylic acids is 1. The molecule has 0 spiro atoms. The summed E-state index contributed by atoms with van der Waals surface area (Å²) in [4.78, 5) is 17.4. The Morgan fingerprint density at radius 1 is 1.14 bits per heavy atom. The number of ether oxygens (including phenoxy) is 2. The molecular formula is C25H42N4O5S. The van der Waals surface area contributed by atoms with E-state index in [0.29, 0.717) is 22.9 Å². The van der Waals surface area contributed by atoms with Crippen molar-refractivity contribution in [2.45, 2.75) is 56.5 Å². The number of hydrogen-bond donors (Lipinski definition) is 1. The van der Waals surface area contributed by atoms with Gasteiger partial charge in [0.05, 0.1) is 18.6 Å². The fraction of sp³-hybridized carbons (Fsp3) is 0.720. The Morgan fingerprint density at radius 2 is 1.80 bits per heavy atom. The van der Waals surface area contributed by atoms with E-state index in [1.54, 1.807) is 33.1 Å². The van der Waals surface area contributed by atoms with Crippen LogP contribution >= 0.6 is 0 Å². The van der Waals surface area contributed by atoms with Crippen LogP contribution < -0.4 is 10.1 Å². The first-order valence-electron chi connectivity index (χ1n) is 12.5. The van der Waals surface area contributed by atoms with Crippen LogP contribution in [-0.4, -0.2) is 108 Å². The van der Waals surface area contributed by atoms with Crippen LogP contribution in [-0.2, 0) is 19.6 Å². The van der Waals surface area contributed by atoms with Crippen molar-refractivity contribution in [1.82, 2.24) is 19.4 Å². The minimum atomic E-state index is -3.68. The lowest BCUT2D eigenvalue weighted by Gasteiger charge is -2.42. The summed E-state index contributed by atoms with van der Waals surface area (Å²) in [6.45, 7) is 8.01. The van der Waals surface area contributed by atoms with E-state index in [4.69, 9.17) is 9.47 Å². The highest BCUT2D eigenvalue weighted by atomic mass is 32.2. The van der Waals surface area contributed by atoms with Crippen LogP contribution in [0.3, 0.4) is 0 Å². The standard InChI is InChI=1S/C25H42N4O5S/c1-19-15-23(33-5)16-20(2)25(19)35(31,32)27(3)13-14-34-18-24(30)28(4)21-7-6-8-22(17-21)29-11-9-26-10-12-29/h15-16,21-22,26H,6-14,17-18H2,1-5H3/t21-,22-/m1/s1. The van der Waals surface area contributed by atoms with E-state index in [1.165, 1.54) is 17.8 Å². The van der Waals surface area contributed by atoms with Gasteiger partial charge in [-0.2, -0.15) is 4.31 Å². The van der Waals surface area contributed by atoms with Crippen molar-refractivity contribution in [3.05, 3.63) is 23.3 Å². The lowest BCUT2D eigenvalue weighted by atomic mass is 9.88. The van der Waals surface area contributed by atoms with Crippen molar-refractivity contribution in [2.75, 3.05) is 67.1 Å². The highest BCUT2D eigenvalue weighted by Gasteiger charge is 2.31. The van der Waals surface area contributed by atoms with E-state index >= 15 is 0 Å². The van der Waals surface area contributed by atoms with Gasteiger partial charge in [-0.3, -0.25) is 9.69 Å². The molecule has 0 bridgehead atoms. The van der Waals surface area contributed by atoms with Crippen LogP contribution in [0.4, 0.5) is 0 Å². The number of methoxy groups -OCH3 is 1. The second kappa shape index (κ2) is 12.5. The molecule has 1 aromatic carbocycles. The molecule has 2 aliphatic rings. The van der Waals surface area contributed by atoms with Gasteiger partial charge in [0.25, 0.3) is 0 Å². The van der Waals surface area contributed by atoms with E-state index < -0.39 is 10.0 Å². The molecule has 198 valence electrons. The molecule has 2 atom stereocenters. The number of rotatable bonds is 10. The highest BCUT2D eigenvalue weighted by Crippen LogP contribution is 2.28.